The Morgan fingerprint density at radius 3 is 2.36 bits per heavy atom. The summed E-state index contributed by atoms with van der Waals surface area (Å²) in [5.41, 5.74) is -2.16. The lowest BCUT2D eigenvalue weighted by Crippen LogP contribution is -2.56. The second-order valence-electron chi connectivity index (χ2n) is 8.47. The first kappa shape index (κ1) is 23.2. The first-order valence-electron chi connectivity index (χ1n) is 10.9. The highest BCUT2D eigenvalue weighted by atomic mass is 19.4. The zero-order valence-electron chi connectivity index (χ0n) is 18.0. The molecule has 0 saturated carbocycles. The molecule has 2 aromatic rings. The molecule has 0 bridgehead atoms. The van der Waals surface area contributed by atoms with E-state index in [9.17, 15) is 27.9 Å². The third-order valence-electron chi connectivity index (χ3n) is 6.34. The molecule has 0 atom stereocenters. The van der Waals surface area contributed by atoms with E-state index in [2.05, 4.69) is 5.10 Å². The lowest BCUT2D eigenvalue weighted by molar-refractivity contribution is -0.137. The lowest BCUT2D eigenvalue weighted by atomic mass is 9.83. The van der Waals surface area contributed by atoms with E-state index in [4.69, 9.17) is 0 Å². The monoisotopic (exact) mass is 465 g/mol. The van der Waals surface area contributed by atoms with Crippen LogP contribution < -0.4 is 10.6 Å². The van der Waals surface area contributed by atoms with Gasteiger partial charge in [0.1, 0.15) is 0 Å². The van der Waals surface area contributed by atoms with Gasteiger partial charge in [0.15, 0.2) is 0 Å². The Bertz CT molecular complexity index is 1040. The Labute approximate surface area is 188 Å². The van der Waals surface area contributed by atoms with Gasteiger partial charge in [0.25, 0.3) is 5.56 Å². The quantitative estimate of drug-likeness (QED) is 0.727. The summed E-state index contributed by atoms with van der Waals surface area (Å²) in [4.78, 5) is 29.7. The first-order chi connectivity index (χ1) is 15.7. The number of piperazine rings is 1. The zero-order chi connectivity index (χ0) is 23.6. The highest BCUT2D eigenvalue weighted by Gasteiger charge is 2.38. The Balaban J connectivity index is 1.29. The number of amides is 1. The van der Waals surface area contributed by atoms with Crippen molar-refractivity contribution in [2.75, 3.05) is 50.8 Å². The first-order valence-corrected chi connectivity index (χ1v) is 10.9. The maximum Gasteiger partial charge on any atom is 0.416 e. The molecule has 11 heteroatoms. The topological polar surface area (TPSA) is 81.9 Å². The molecule has 3 heterocycles. The van der Waals surface area contributed by atoms with Crippen LogP contribution in [0.5, 0.6) is 0 Å². The molecule has 1 aromatic carbocycles. The third kappa shape index (κ3) is 5.19. The lowest BCUT2D eigenvalue weighted by Gasteiger charge is -2.40. The molecule has 0 aliphatic carbocycles. The smallest absolute Gasteiger partial charge is 0.385 e. The fraction of sp³-hybridized carbons (Fsp3) is 0.500. The van der Waals surface area contributed by atoms with Crippen molar-refractivity contribution in [3.63, 3.8) is 0 Å². The molecule has 8 nitrogen and oxygen atoms in total. The summed E-state index contributed by atoms with van der Waals surface area (Å²) in [5, 5.41) is 16.9. The molecule has 2 fully saturated rings. The maximum atomic E-state index is 13.0. The molecule has 0 unspecified atom stereocenters. The minimum Gasteiger partial charge on any atom is -0.385 e. The fourth-order valence-corrected chi connectivity index (χ4v) is 4.34. The van der Waals surface area contributed by atoms with Crippen LogP contribution in [0.2, 0.25) is 0 Å². The Morgan fingerprint density at radius 1 is 1.03 bits per heavy atom. The minimum absolute atomic E-state index is 0.0791. The van der Waals surface area contributed by atoms with Crippen molar-refractivity contribution in [3.05, 3.63) is 64.1 Å². The summed E-state index contributed by atoms with van der Waals surface area (Å²) in [7, 11) is 0. The molecular formula is C22H26F3N5O3. The summed E-state index contributed by atoms with van der Waals surface area (Å²) in [5.74, 6) is -0.0791. The predicted octanol–water partition coefficient (Wildman–Crippen LogP) is 1.03. The van der Waals surface area contributed by atoms with Crippen molar-refractivity contribution in [2.45, 2.75) is 24.6 Å². The number of alkyl halides is 3. The van der Waals surface area contributed by atoms with Crippen LogP contribution in [0, 0.1) is 0 Å². The van der Waals surface area contributed by atoms with Gasteiger partial charge in [-0.25, -0.2) is 0 Å². The molecule has 0 radical (unpaired) electrons. The molecule has 1 N–H and O–H groups in total. The van der Waals surface area contributed by atoms with Gasteiger partial charge in [0.05, 0.1) is 17.7 Å². The number of carbonyl (C=O) groups is 1. The average molecular weight is 465 g/mol. The number of carbonyl (C=O) groups excluding carboxylic acids is 1. The molecule has 2 aliphatic heterocycles. The normalized spacial score (nSPS) is 19.5. The van der Waals surface area contributed by atoms with Crippen molar-refractivity contribution in [2.24, 2.45) is 0 Å². The number of aliphatic hydroxyl groups is 1. The van der Waals surface area contributed by atoms with Gasteiger partial charge in [0.2, 0.25) is 5.91 Å². The van der Waals surface area contributed by atoms with Crippen molar-refractivity contribution < 1.29 is 23.1 Å². The second-order valence-corrected chi connectivity index (χ2v) is 8.47. The van der Waals surface area contributed by atoms with Crippen molar-refractivity contribution in [1.82, 2.24) is 19.7 Å². The van der Waals surface area contributed by atoms with Crippen LogP contribution in [0.1, 0.15) is 24.0 Å². The van der Waals surface area contributed by atoms with Crippen molar-refractivity contribution in [1.29, 1.82) is 0 Å². The van der Waals surface area contributed by atoms with E-state index in [1.54, 1.807) is 17.2 Å². The number of rotatable bonds is 4. The number of hydrogen-bond donors (Lipinski definition) is 1. The van der Waals surface area contributed by atoms with E-state index < -0.39 is 17.3 Å². The Kier molecular flexibility index (Phi) is 6.44. The third-order valence-corrected chi connectivity index (χ3v) is 6.34. The number of halogens is 3. The van der Waals surface area contributed by atoms with Crippen molar-refractivity contribution in [3.8, 4) is 0 Å². The molecule has 33 heavy (non-hydrogen) atoms. The standard InChI is InChI=1S/C22H26F3N5O3/c23-22(24,25)18-4-1-3-17(15-18)21(33)6-9-28(10-7-21)20(32)16-27-11-13-29(14-12-27)30-19(31)5-2-8-26-30/h1-5,8,15,33H,6-7,9-14,16H2. The number of nitrogens with zero attached hydrogens (tertiary/aromatic N) is 5. The van der Waals surface area contributed by atoms with Gasteiger partial charge in [-0.15, -0.1) is 4.79 Å². The molecule has 2 aliphatic rings. The highest BCUT2D eigenvalue weighted by molar-refractivity contribution is 5.78. The number of piperidine rings is 1. The Hall–Kier alpha value is -2.92. The number of aromatic nitrogens is 2. The average Bonchev–Trinajstić information content (AvgIpc) is 2.80. The minimum atomic E-state index is -4.47. The number of benzene rings is 1. The van der Waals surface area contributed by atoms with E-state index in [-0.39, 0.29) is 49.5 Å². The molecule has 0 spiro atoms. The Morgan fingerprint density at radius 2 is 1.73 bits per heavy atom. The van der Waals surface area contributed by atoms with Gasteiger partial charge in [-0.2, -0.15) is 18.3 Å². The fourth-order valence-electron chi connectivity index (χ4n) is 4.34. The van der Waals surface area contributed by atoms with E-state index in [1.807, 2.05) is 9.91 Å². The summed E-state index contributed by atoms with van der Waals surface area (Å²) < 4.78 is 39.1. The highest BCUT2D eigenvalue weighted by Crippen LogP contribution is 2.36. The van der Waals surface area contributed by atoms with Crippen molar-refractivity contribution >= 4 is 5.91 Å². The van der Waals surface area contributed by atoms with Crippen LogP contribution in [0.25, 0.3) is 0 Å². The van der Waals surface area contributed by atoms with Gasteiger partial charge in [0, 0.05) is 51.5 Å². The van der Waals surface area contributed by atoms with E-state index >= 15 is 0 Å². The summed E-state index contributed by atoms with van der Waals surface area (Å²) in [6, 6.07) is 7.80. The van der Waals surface area contributed by atoms with E-state index in [0.717, 1.165) is 12.1 Å². The van der Waals surface area contributed by atoms with Gasteiger partial charge in [-0.3, -0.25) is 19.5 Å². The molecule has 178 valence electrons. The summed E-state index contributed by atoms with van der Waals surface area (Å²) in [6.45, 7) is 3.06. The van der Waals surface area contributed by atoms with Crippen LogP contribution in [0.3, 0.4) is 0 Å². The molecule has 2 saturated heterocycles. The van der Waals surface area contributed by atoms with Gasteiger partial charge < -0.3 is 10.0 Å². The van der Waals surface area contributed by atoms with Crippen LogP contribution in [0.15, 0.2) is 47.4 Å². The maximum absolute atomic E-state index is 13.0. The van der Waals surface area contributed by atoms with Gasteiger partial charge >= 0.3 is 6.18 Å². The predicted molar refractivity (Wildman–Crippen MR) is 114 cm³/mol. The van der Waals surface area contributed by atoms with E-state index in [1.165, 1.54) is 23.0 Å². The molecular weight excluding hydrogens is 439 g/mol. The molecule has 1 aromatic heterocycles. The largest absolute Gasteiger partial charge is 0.416 e. The summed E-state index contributed by atoms with van der Waals surface area (Å²) >= 11 is 0. The van der Waals surface area contributed by atoms with Crippen LogP contribution in [-0.2, 0) is 16.6 Å². The van der Waals surface area contributed by atoms with Gasteiger partial charge in [-0.1, -0.05) is 12.1 Å². The SMILES string of the molecule is O=C(CN1CCN(n2ncccc2=O)CC1)N1CCC(O)(c2cccc(C(F)(F)F)c2)CC1. The number of likely N-dealkylation sites (tertiary alicyclic amines) is 1. The second kappa shape index (κ2) is 9.14. The van der Waals surface area contributed by atoms with E-state index in [0.29, 0.717) is 26.2 Å². The number of hydrogen-bond acceptors (Lipinski definition) is 6. The van der Waals surface area contributed by atoms with Crippen LogP contribution in [0.4, 0.5) is 13.2 Å². The van der Waals surface area contributed by atoms with Gasteiger partial charge in [-0.05, 0) is 36.6 Å². The zero-order valence-corrected chi connectivity index (χ0v) is 18.0. The molecule has 1 amide bonds. The van der Waals surface area contributed by atoms with Crippen LogP contribution >= 0.6 is 0 Å². The molecule has 4 rings (SSSR count). The van der Waals surface area contributed by atoms with Crippen LogP contribution in [-0.4, -0.2) is 76.5 Å². The summed E-state index contributed by atoms with van der Waals surface area (Å²) in [6.07, 6.45) is -2.57.